The minimum atomic E-state index is 0.979. The van der Waals surface area contributed by atoms with Crippen molar-refractivity contribution in [3.63, 3.8) is 0 Å². The molecule has 24 heavy (non-hydrogen) atoms. The zero-order chi connectivity index (χ0) is 15.9. The number of hydrogen-bond acceptors (Lipinski definition) is 4. The third-order valence-electron chi connectivity index (χ3n) is 4.97. The van der Waals surface area contributed by atoms with Crippen molar-refractivity contribution in [1.29, 1.82) is 0 Å². The normalized spacial score (nSPS) is 15.5. The highest BCUT2D eigenvalue weighted by Gasteiger charge is 2.24. The van der Waals surface area contributed by atoms with E-state index in [0.29, 0.717) is 0 Å². The second-order valence-corrected chi connectivity index (χ2v) is 6.30. The summed E-state index contributed by atoms with van der Waals surface area (Å²) in [7, 11) is 0. The number of hydrogen-bond donors (Lipinski definition) is 0. The maximum atomic E-state index is 4.54. The van der Waals surface area contributed by atoms with Crippen LogP contribution in [0.2, 0.25) is 0 Å². The van der Waals surface area contributed by atoms with Crippen LogP contribution in [0, 0.1) is 0 Å². The van der Waals surface area contributed by atoms with E-state index in [1.165, 1.54) is 22.5 Å². The topological polar surface area (TPSA) is 32.3 Å². The van der Waals surface area contributed by atoms with E-state index in [0.717, 1.165) is 37.6 Å². The number of rotatable bonds is 2. The predicted molar refractivity (Wildman–Crippen MR) is 96.3 cm³/mol. The first-order valence-corrected chi connectivity index (χ1v) is 8.43. The molecule has 3 aromatic rings. The predicted octanol–water partition coefficient (Wildman–Crippen LogP) is 3.87. The van der Waals surface area contributed by atoms with Crippen molar-refractivity contribution in [2.75, 3.05) is 22.9 Å². The van der Waals surface area contributed by atoms with Gasteiger partial charge in [-0.2, -0.15) is 0 Å². The van der Waals surface area contributed by atoms with Crippen molar-refractivity contribution in [1.82, 2.24) is 9.97 Å². The van der Waals surface area contributed by atoms with Crippen LogP contribution < -0.4 is 9.80 Å². The van der Waals surface area contributed by atoms with E-state index in [4.69, 9.17) is 0 Å². The first kappa shape index (κ1) is 13.5. The summed E-state index contributed by atoms with van der Waals surface area (Å²) in [6, 6.07) is 19.3. The maximum absolute atomic E-state index is 4.54. The van der Waals surface area contributed by atoms with Gasteiger partial charge in [0.05, 0.1) is 0 Å². The van der Waals surface area contributed by atoms with Crippen LogP contribution in [0.15, 0.2) is 60.9 Å². The summed E-state index contributed by atoms with van der Waals surface area (Å²) in [5, 5.41) is 0. The van der Waals surface area contributed by atoms with E-state index in [1.54, 1.807) is 6.33 Å². The van der Waals surface area contributed by atoms with Crippen LogP contribution in [0.25, 0.3) is 0 Å². The van der Waals surface area contributed by atoms with Gasteiger partial charge in [0.2, 0.25) is 0 Å². The molecule has 0 amide bonds. The zero-order valence-corrected chi connectivity index (χ0v) is 13.4. The second-order valence-electron chi connectivity index (χ2n) is 6.30. The van der Waals surface area contributed by atoms with Crippen LogP contribution in [0.1, 0.15) is 11.1 Å². The fourth-order valence-corrected chi connectivity index (χ4v) is 3.78. The molecule has 4 nitrogen and oxygen atoms in total. The van der Waals surface area contributed by atoms with Crippen molar-refractivity contribution >= 4 is 23.0 Å². The molecule has 0 bridgehead atoms. The molecule has 2 aromatic carbocycles. The molecule has 0 unspecified atom stereocenters. The molecule has 0 N–H and O–H groups in total. The van der Waals surface area contributed by atoms with Crippen LogP contribution in [-0.4, -0.2) is 23.1 Å². The van der Waals surface area contributed by atoms with Gasteiger partial charge in [0.1, 0.15) is 18.0 Å². The van der Waals surface area contributed by atoms with Gasteiger partial charge in [0, 0.05) is 30.5 Å². The number of anilines is 4. The van der Waals surface area contributed by atoms with Crippen molar-refractivity contribution in [3.05, 3.63) is 72.1 Å². The Morgan fingerprint density at radius 2 is 1.17 bits per heavy atom. The van der Waals surface area contributed by atoms with Crippen LogP contribution in [-0.2, 0) is 12.8 Å². The lowest BCUT2D eigenvalue weighted by Crippen LogP contribution is -2.18. The summed E-state index contributed by atoms with van der Waals surface area (Å²) < 4.78 is 0. The molecule has 2 aliphatic rings. The fourth-order valence-electron chi connectivity index (χ4n) is 3.78. The van der Waals surface area contributed by atoms with Gasteiger partial charge in [-0.15, -0.1) is 0 Å². The molecule has 0 radical (unpaired) electrons. The molecule has 118 valence electrons. The number of fused-ring (bicyclic) bond motifs is 2. The summed E-state index contributed by atoms with van der Waals surface area (Å²) in [4.78, 5) is 13.7. The summed E-state index contributed by atoms with van der Waals surface area (Å²) in [6.45, 7) is 1.96. The van der Waals surface area contributed by atoms with E-state index >= 15 is 0 Å². The molecule has 1 aromatic heterocycles. The Kier molecular flexibility index (Phi) is 3.01. The molecule has 0 atom stereocenters. The number of nitrogens with zero attached hydrogens (tertiary/aromatic N) is 4. The van der Waals surface area contributed by atoms with Crippen LogP contribution >= 0.6 is 0 Å². The van der Waals surface area contributed by atoms with Gasteiger partial charge in [-0.05, 0) is 36.1 Å². The first-order chi connectivity index (χ1) is 11.9. The third-order valence-corrected chi connectivity index (χ3v) is 4.97. The Morgan fingerprint density at radius 1 is 0.667 bits per heavy atom. The molecule has 5 rings (SSSR count). The van der Waals surface area contributed by atoms with Gasteiger partial charge in [-0.1, -0.05) is 36.4 Å². The second kappa shape index (κ2) is 5.34. The third kappa shape index (κ3) is 2.07. The van der Waals surface area contributed by atoms with E-state index < -0.39 is 0 Å². The zero-order valence-electron chi connectivity index (χ0n) is 13.4. The number of benzene rings is 2. The van der Waals surface area contributed by atoms with Gasteiger partial charge >= 0.3 is 0 Å². The van der Waals surface area contributed by atoms with E-state index in [9.17, 15) is 0 Å². The van der Waals surface area contributed by atoms with Crippen LogP contribution in [0.3, 0.4) is 0 Å². The minimum absolute atomic E-state index is 0.979. The van der Waals surface area contributed by atoms with Crippen molar-refractivity contribution in [2.24, 2.45) is 0 Å². The molecule has 0 fully saturated rings. The first-order valence-electron chi connectivity index (χ1n) is 8.43. The van der Waals surface area contributed by atoms with Gasteiger partial charge in [0.25, 0.3) is 0 Å². The summed E-state index contributed by atoms with van der Waals surface area (Å²) in [5.41, 5.74) is 5.32. The summed E-state index contributed by atoms with van der Waals surface area (Å²) in [6.07, 6.45) is 3.83. The molecule has 0 spiro atoms. The van der Waals surface area contributed by atoms with E-state index in [-0.39, 0.29) is 0 Å². The average molecular weight is 314 g/mol. The Labute approximate surface area is 141 Å². The lowest BCUT2D eigenvalue weighted by molar-refractivity contribution is 0.938. The molecule has 3 heterocycles. The minimum Gasteiger partial charge on any atom is -0.326 e. The molecular formula is C20H18N4. The fraction of sp³-hybridized carbons (Fsp3) is 0.200. The molecule has 2 aliphatic heterocycles. The smallest absolute Gasteiger partial charge is 0.138 e. The Bertz CT molecular complexity index is 835. The summed E-state index contributed by atoms with van der Waals surface area (Å²) >= 11 is 0. The molecule has 0 aliphatic carbocycles. The van der Waals surface area contributed by atoms with Gasteiger partial charge in [-0.3, -0.25) is 0 Å². The van der Waals surface area contributed by atoms with Gasteiger partial charge < -0.3 is 9.80 Å². The highest BCUT2D eigenvalue weighted by Crippen LogP contribution is 2.37. The number of aromatic nitrogens is 2. The molecule has 0 saturated heterocycles. The van der Waals surface area contributed by atoms with E-state index in [1.807, 2.05) is 0 Å². The highest BCUT2D eigenvalue weighted by atomic mass is 15.3. The molecule has 4 heteroatoms. The average Bonchev–Trinajstić information content (AvgIpc) is 3.26. The van der Waals surface area contributed by atoms with Gasteiger partial charge in [0.15, 0.2) is 0 Å². The highest BCUT2D eigenvalue weighted by molar-refractivity contribution is 5.72. The molecule has 0 saturated carbocycles. The Balaban J connectivity index is 1.52. The van der Waals surface area contributed by atoms with Crippen molar-refractivity contribution in [2.45, 2.75) is 12.8 Å². The maximum Gasteiger partial charge on any atom is 0.138 e. The van der Waals surface area contributed by atoms with E-state index in [2.05, 4.69) is 74.4 Å². The molecular weight excluding hydrogens is 296 g/mol. The Hall–Kier alpha value is -2.88. The Morgan fingerprint density at radius 3 is 1.71 bits per heavy atom. The quantitative estimate of drug-likeness (QED) is 0.719. The van der Waals surface area contributed by atoms with Crippen molar-refractivity contribution in [3.8, 4) is 0 Å². The van der Waals surface area contributed by atoms with Gasteiger partial charge in [-0.25, -0.2) is 9.97 Å². The van der Waals surface area contributed by atoms with Crippen LogP contribution in [0.5, 0.6) is 0 Å². The lowest BCUT2D eigenvalue weighted by atomic mass is 10.2. The monoisotopic (exact) mass is 314 g/mol. The summed E-state index contributed by atoms with van der Waals surface area (Å²) in [5.74, 6) is 1.96. The largest absolute Gasteiger partial charge is 0.326 e. The van der Waals surface area contributed by atoms with Crippen molar-refractivity contribution < 1.29 is 0 Å². The lowest BCUT2D eigenvalue weighted by Gasteiger charge is -2.22. The SMILES string of the molecule is c1ccc2c(c1)CCN2c1cc(N2CCc3ccccc32)ncn1. The number of para-hydroxylation sites is 2. The van der Waals surface area contributed by atoms with Crippen LogP contribution in [0.4, 0.5) is 23.0 Å². The standard InChI is InChI=1S/C20H18N4/c1-3-7-17-15(5-1)9-11-23(17)19-13-20(22-14-21-19)24-12-10-16-6-2-4-8-18(16)24/h1-8,13-14H,9-12H2.